The van der Waals surface area contributed by atoms with Crippen LogP contribution in [0.4, 0.5) is 0 Å². The van der Waals surface area contributed by atoms with Gasteiger partial charge in [0.2, 0.25) is 0 Å². The van der Waals surface area contributed by atoms with E-state index in [0.717, 1.165) is 11.1 Å². The van der Waals surface area contributed by atoms with Gasteiger partial charge in [-0.3, -0.25) is 4.79 Å². The van der Waals surface area contributed by atoms with Crippen molar-refractivity contribution >= 4 is 16.9 Å². The van der Waals surface area contributed by atoms with E-state index in [1.54, 1.807) is 46.2 Å². The van der Waals surface area contributed by atoms with Crippen LogP contribution in [0.3, 0.4) is 0 Å². The van der Waals surface area contributed by atoms with Crippen molar-refractivity contribution < 1.29 is 9.21 Å². The van der Waals surface area contributed by atoms with E-state index in [9.17, 15) is 9.59 Å². The molecule has 28 heavy (non-hydrogen) atoms. The van der Waals surface area contributed by atoms with Crippen LogP contribution in [0.25, 0.3) is 11.0 Å². The zero-order valence-electron chi connectivity index (χ0n) is 14.7. The fraction of sp³-hybridized carbons (Fsp3) is 0.222. The van der Waals surface area contributed by atoms with Crippen LogP contribution in [0.2, 0.25) is 0 Å². The summed E-state index contributed by atoms with van der Waals surface area (Å²) in [7, 11) is 0. The van der Waals surface area contributed by atoms with Gasteiger partial charge in [0.15, 0.2) is 0 Å². The number of rotatable bonds is 4. The first kappa shape index (κ1) is 16.4. The number of fused-ring (bicyclic) bond motifs is 1. The average Bonchev–Trinajstić information content (AvgIpc) is 3.32. The van der Waals surface area contributed by atoms with Crippen LogP contribution in [0.1, 0.15) is 22.1 Å². The second-order valence-electron chi connectivity index (χ2n) is 6.60. The van der Waals surface area contributed by atoms with Crippen LogP contribution in [-0.2, 0) is 6.54 Å². The molecule has 10 heteroatoms. The molecule has 1 aromatic carbocycles. The third kappa shape index (κ3) is 2.84. The summed E-state index contributed by atoms with van der Waals surface area (Å²) in [5.41, 5.74) is 0.617. The SMILES string of the molecule is O=C(c1cc2ccccc2oc1=O)N1CC(n2cc(Cn3nccn3)nn2)C1. The lowest BCUT2D eigenvalue weighted by Crippen LogP contribution is -2.51. The van der Waals surface area contributed by atoms with Gasteiger partial charge in [0.05, 0.1) is 24.6 Å². The van der Waals surface area contributed by atoms with E-state index in [1.165, 1.54) is 4.80 Å². The summed E-state index contributed by atoms with van der Waals surface area (Å²) < 4.78 is 6.98. The molecular formula is C18H15N7O3. The quantitative estimate of drug-likeness (QED) is 0.482. The Kier molecular flexibility index (Phi) is 3.75. The summed E-state index contributed by atoms with van der Waals surface area (Å²) in [5.74, 6) is -0.336. The van der Waals surface area contributed by atoms with Gasteiger partial charge in [-0.25, -0.2) is 9.48 Å². The molecule has 0 aliphatic carbocycles. The predicted octanol–water partition coefficient (Wildman–Crippen LogP) is 0.721. The number of carbonyl (C=O) groups excluding carboxylic acids is 1. The van der Waals surface area contributed by atoms with Crippen molar-refractivity contribution in [3.63, 3.8) is 0 Å². The van der Waals surface area contributed by atoms with Crippen molar-refractivity contribution in [3.05, 3.63) is 70.6 Å². The Hall–Kier alpha value is -3.82. The molecule has 140 valence electrons. The Labute approximate surface area is 158 Å². The topological polar surface area (TPSA) is 112 Å². The molecule has 4 aromatic rings. The van der Waals surface area contributed by atoms with Gasteiger partial charge in [-0.15, -0.1) is 5.10 Å². The molecule has 1 aliphatic rings. The molecule has 3 aromatic heterocycles. The average molecular weight is 377 g/mol. The number of amides is 1. The molecule has 0 unspecified atom stereocenters. The highest BCUT2D eigenvalue weighted by atomic mass is 16.4. The Morgan fingerprint density at radius 2 is 1.96 bits per heavy atom. The lowest BCUT2D eigenvalue weighted by Gasteiger charge is -2.38. The van der Waals surface area contributed by atoms with Crippen LogP contribution in [0.15, 0.2) is 58.1 Å². The fourth-order valence-electron chi connectivity index (χ4n) is 3.20. The van der Waals surface area contributed by atoms with Gasteiger partial charge in [-0.1, -0.05) is 23.4 Å². The largest absolute Gasteiger partial charge is 0.422 e. The summed E-state index contributed by atoms with van der Waals surface area (Å²) >= 11 is 0. The van der Waals surface area contributed by atoms with E-state index in [2.05, 4.69) is 20.5 Å². The Morgan fingerprint density at radius 3 is 2.79 bits per heavy atom. The monoisotopic (exact) mass is 377 g/mol. The van der Waals surface area contributed by atoms with E-state index < -0.39 is 5.63 Å². The number of likely N-dealkylation sites (tertiary alicyclic amines) is 1. The minimum absolute atomic E-state index is 0.0169. The predicted molar refractivity (Wildman–Crippen MR) is 96.6 cm³/mol. The molecular weight excluding hydrogens is 362 g/mol. The van der Waals surface area contributed by atoms with Gasteiger partial charge in [-0.2, -0.15) is 15.0 Å². The summed E-state index contributed by atoms with van der Waals surface area (Å²) in [6.07, 6.45) is 5.02. The van der Waals surface area contributed by atoms with Crippen LogP contribution in [0, 0.1) is 0 Å². The lowest BCUT2D eigenvalue weighted by atomic mass is 10.1. The standard InChI is InChI=1S/C18H15N7O3/c26-17(15-7-12-3-1-2-4-16(12)28-18(15)27)23-10-14(11-23)24-8-13(21-22-24)9-25-19-5-6-20-25/h1-8,14H,9-11H2. The molecule has 1 aliphatic heterocycles. The van der Waals surface area contributed by atoms with E-state index >= 15 is 0 Å². The zero-order valence-corrected chi connectivity index (χ0v) is 14.7. The van der Waals surface area contributed by atoms with Gasteiger partial charge in [0.25, 0.3) is 5.91 Å². The molecule has 5 rings (SSSR count). The van der Waals surface area contributed by atoms with Crippen molar-refractivity contribution in [3.8, 4) is 0 Å². The second kappa shape index (κ2) is 6.41. The number of aromatic nitrogens is 6. The fourth-order valence-corrected chi connectivity index (χ4v) is 3.20. The molecule has 0 spiro atoms. The van der Waals surface area contributed by atoms with Crippen molar-refractivity contribution in [2.75, 3.05) is 13.1 Å². The first-order valence-corrected chi connectivity index (χ1v) is 8.74. The van der Waals surface area contributed by atoms with Crippen LogP contribution >= 0.6 is 0 Å². The van der Waals surface area contributed by atoms with Gasteiger partial charge in [0, 0.05) is 18.5 Å². The molecule has 1 saturated heterocycles. The maximum atomic E-state index is 12.7. The van der Waals surface area contributed by atoms with E-state index in [1.807, 2.05) is 12.3 Å². The maximum absolute atomic E-state index is 12.7. The van der Waals surface area contributed by atoms with Crippen LogP contribution < -0.4 is 5.63 Å². The minimum Gasteiger partial charge on any atom is -0.422 e. The van der Waals surface area contributed by atoms with Gasteiger partial charge in [-0.05, 0) is 12.1 Å². The number of para-hydroxylation sites is 1. The van der Waals surface area contributed by atoms with Gasteiger partial charge >= 0.3 is 5.63 Å². The molecule has 0 bridgehead atoms. The number of carbonyl (C=O) groups is 1. The van der Waals surface area contributed by atoms with Gasteiger partial charge in [0.1, 0.15) is 23.4 Å². The minimum atomic E-state index is -0.623. The summed E-state index contributed by atoms with van der Waals surface area (Å²) in [4.78, 5) is 28.0. The lowest BCUT2D eigenvalue weighted by molar-refractivity contribution is 0.0494. The highest BCUT2D eigenvalue weighted by Crippen LogP contribution is 2.23. The highest BCUT2D eigenvalue weighted by Gasteiger charge is 2.34. The molecule has 0 radical (unpaired) electrons. The van der Waals surface area contributed by atoms with Crippen molar-refractivity contribution in [1.82, 2.24) is 34.9 Å². The Balaban J connectivity index is 1.28. The van der Waals surface area contributed by atoms with Gasteiger partial charge < -0.3 is 9.32 Å². The van der Waals surface area contributed by atoms with Crippen molar-refractivity contribution in [2.24, 2.45) is 0 Å². The molecule has 0 N–H and O–H groups in total. The number of hydrogen-bond donors (Lipinski definition) is 0. The van der Waals surface area contributed by atoms with Crippen molar-refractivity contribution in [1.29, 1.82) is 0 Å². The first-order chi connectivity index (χ1) is 13.7. The Bertz CT molecular complexity index is 1210. The third-order valence-electron chi connectivity index (χ3n) is 4.72. The van der Waals surface area contributed by atoms with E-state index in [0.29, 0.717) is 25.2 Å². The maximum Gasteiger partial charge on any atom is 0.349 e. The molecule has 0 atom stereocenters. The number of nitrogens with zero attached hydrogens (tertiary/aromatic N) is 7. The molecule has 4 heterocycles. The normalized spacial score (nSPS) is 14.4. The third-order valence-corrected chi connectivity index (χ3v) is 4.72. The second-order valence-corrected chi connectivity index (χ2v) is 6.60. The zero-order chi connectivity index (χ0) is 19.1. The van der Waals surface area contributed by atoms with Crippen LogP contribution in [-0.4, -0.2) is 53.9 Å². The van der Waals surface area contributed by atoms with Crippen molar-refractivity contribution in [2.45, 2.75) is 12.6 Å². The first-order valence-electron chi connectivity index (χ1n) is 8.74. The van der Waals surface area contributed by atoms with E-state index in [-0.39, 0.29) is 17.5 Å². The summed E-state index contributed by atoms with van der Waals surface area (Å²) in [6.45, 7) is 1.34. The number of hydrogen-bond acceptors (Lipinski definition) is 7. The van der Waals surface area contributed by atoms with E-state index in [4.69, 9.17) is 4.42 Å². The summed E-state index contributed by atoms with van der Waals surface area (Å²) in [6, 6.07) is 8.72. The number of benzene rings is 1. The highest BCUT2D eigenvalue weighted by molar-refractivity contribution is 5.97. The smallest absolute Gasteiger partial charge is 0.349 e. The molecule has 1 fully saturated rings. The molecule has 1 amide bonds. The summed E-state index contributed by atoms with van der Waals surface area (Å²) in [5, 5.41) is 17.0. The molecule has 0 saturated carbocycles. The molecule has 10 nitrogen and oxygen atoms in total. The Morgan fingerprint density at radius 1 is 1.18 bits per heavy atom. The van der Waals surface area contributed by atoms with Crippen LogP contribution in [0.5, 0.6) is 0 Å².